The fraction of sp³-hybridized carbons (Fsp3) is 0.111. The summed E-state index contributed by atoms with van der Waals surface area (Å²) in [6.07, 6.45) is 2.00. The number of thioether (sulfide) groups is 1. The molecule has 0 atom stereocenters. The first kappa shape index (κ1) is 14.6. The van der Waals surface area contributed by atoms with Gasteiger partial charge in [-0.25, -0.2) is 0 Å². The molecule has 4 heteroatoms. The molecule has 0 fully saturated rings. The molecule has 0 aliphatic rings. The van der Waals surface area contributed by atoms with E-state index in [0.29, 0.717) is 5.56 Å². The highest BCUT2D eigenvalue weighted by atomic mass is 32.2. The molecular formula is C18H16N2OS. The molecule has 3 nitrogen and oxygen atoms in total. The Hall–Kier alpha value is -2.33. The SMILES string of the molecule is CSc1ccccc1NC(=O)c1cc(C)nc2ccccc12. The standard InChI is InChI=1S/C18H16N2OS/c1-12-11-14(13-7-3-4-8-15(13)19-12)18(21)20-16-9-5-6-10-17(16)22-2/h3-11H,1-2H3,(H,20,21). The molecule has 2 aromatic carbocycles. The van der Waals surface area contributed by atoms with Crippen LogP contribution < -0.4 is 5.32 Å². The van der Waals surface area contributed by atoms with Crippen molar-refractivity contribution in [1.82, 2.24) is 4.98 Å². The Morgan fingerprint density at radius 3 is 2.64 bits per heavy atom. The zero-order valence-electron chi connectivity index (χ0n) is 12.5. The van der Waals surface area contributed by atoms with Gasteiger partial charge in [-0.1, -0.05) is 30.3 Å². The van der Waals surface area contributed by atoms with E-state index in [9.17, 15) is 4.79 Å². The van der Waals surface area contributed by atoms with E-state index >= 15 is 0 Å². The summed E-state index contributed by atoms with van der Waals surface area (Å²) in [4.78, 5) is 18.2. The fourth-order valence-corrected chi connectivity index (χ4v) is 2.99. The number of aromatic nitrogens is 1. The van der Waals surface area contributed by atoms with Gasteiger partial charge in [0.2, 0.25) is 0 Å². The van der Waals surface area contributed by atoms with Gasteiger partial charge in [-0.2, -0.15) is 0 Å². The van der Waals surface area contributed by atoms with E-state index in [1.807, 2.05) is 67.8 Å². The number of para-hydroxylation sites is 2. The van der Waals surface area contributed by atoms with Crippen LogP contribution in [0.25, 0.3) is 10.9 Å². The molecule has 0 aliphatic heterocycles. The summed E-state index contributed by atoms with van der Waals surface area (Å²) in [5, 5.41) is 3.88. The normalized spacial score (nSPS) is 10.6. The zero-order valence-corrected chi connectivity index (χ0v) is 13.3. The van der Waals surface area contributed by atoms with Gasteiger partial charge in [-0.05, 0) is 37.4 Å². The summed E-state index contributed by atoms with van der Waals surface area (Å²) < 4.78 is 0. The van der Waals surface area contributed by atoms with Crippen molar-refractivity contribution in [2.45, 2.75) is 11.8 Å². The number of amides is 1. The van der Waals surface area contributed by atoms with Gasteiger partial charge in [0, 0.05) is 16.0 Å². The molecule has 0 saturated carbocycles. The van der Waals surface area contributed by atoms with E-state index in [1.54, 1.807) is 11.8 Å². The minimum absolute atomic E-state index is 0.108. The van der Waals surface area contributed by atoms with Crippen LogP contribution in [0.15, 0.2) is 59.5 Å². The Balaban J connectivity index is 2.02. The highest BCUT2D eigenvalue weighted by molar-refractivity contribution is 7.98. The van der Waals surface area contributed by atoms with Gasteiger partial charge in [0.15, 0.2) is 0 Å². The lowest BCUT2D eigenvalue weighted by Gasteiger charge is -2.11. The number of hydrogen-bond acceptors (Lipinski definition) is 3. The quantitative estimate of drug-likeness (QED) is 0.723. The molecule has 0 unspecified atom stereocenters. The third kappa shape index (κ3) is 2.83. The maximum absolute atomic E-state index is 12.7. The van der Waals surface area contributed by atoms with E-state index in [4.69, 9.17) is 0 Å². The Labute approximate surface area is 133 Å². The van der Waals surface area contributed by atoms with Gasteiger partial charge in [-0.15, -0.1) is 11.8 Å². The molecule has 1 aromatic heterocycles. The Kier molecular flexibility index (Phi) is 4.11. The maximum Gasteiger partial charge on any atom is 0.256 e. The Morgan fingerprint density at radius 2 is 1.82 bits per heavy atom. The second-order valence-electron chi connectivity index (χ2n) is 4.98. The maximum atomic E-state index is 12.7. The van der Waals surface area contributed by atoms with Crippen LogP contribution in [0.3, 0.4) is 0 Å². The number of hydrogen-bond donors (Lipinski definition) is 1. The first-order valence-electron chi connectivity index (χ1n) is 7.00. The molecule has 110 valence electrons. The van der Waals surface area contributed by atoms with Crippen LogP contribution >= 0.6 is 11.8 Å². The number of benzene rings is 2. The molecule has 3 aromatic rings. The van der Waals surface area contributed by atoms with Gasteiger partial charge in [0.05, 0.1) is 16.8 Å². The molecule has 3 rings (SSSR count). The van der Waals surface area contributed by atoms with Crippen LogP contribution in [-0.4, -0.2) is 17.1 Å². The van der Waals surface area contributed by atoms with Crippen molar-refractivity contribution < 1.29 is 4.79 Å². The Morgan fingerprint density at radius 1 is 1.09 bits per heavy atom. The first-order chi connectivity index (χ1) is 10.7. The van der Waals surface area contributed by atoms with E-state index in [2.05, 4.69) is 10.3 Å². The summed E-state index contributed by atoms with van der Waals surface area (Å²) in [6, 6.07) is 17.3. The smallest absolute Gasteiger partial charge is 0.256 e. The predicted octanol–water partition coefficient (Wildman–Crippen LogP) is 4.52. The van der Waals surface area contributed by atoms with Crippen LogP contribution in [0.2, 0.25) is 0 Å². The van der Waals surface area contributed by atoms with Gasteiger partial charge in [-0.3, -0.25) is 9.78 Å². The van der Waals surface area contributed by atoms with Crippen molar-refractivity contribution in [1.29, 1.82) is 0 Å². The van der Waals surface area contributed by atoms with Crippen LogP contribution in [0.5, 0.6) is 0 Å². The van der Waals surface area contributed by atoms with Crippen LogP contribution in [0, 0.1) is 6.92 Å². The van der Waals surface area contributed by atoms with Crippen LogP contribution in [0.1, 0.15) is 16.1 Å². The summed E-state index contributed by atoms with van der Waals surface area (Å²) in [6.45, 7) is 1.90. The van der Waals surface area contributed by atoms with Gasteiger partial charge in [0.1, 0.15) is 0 Å². The number of carbonyl (C=O) groups is 1. The number of aryl methyl sites for hydroxylation is 1. The summed E-state index contributed by atoms with van der Waals surface area (Å²) >= 11 is 1.61. The molecule has 22 heavy (non-hydrogen) atoms. The van der Waals surface area contributed by atoms with E-state index in [-0.39, 0.29) is 5.91 Å². The van der Waals surface area contributed by atoms with E-state index in [0.717, 1.165) is 27.2 Å². The average molecular weight is 308 g/mol. The number of pyridine rings is 1. The number of nitrogens with one attached hydrogen (secondary N) is 1. The molecule has 1 amide bonds. The minimum Gasteiger partial charge on any atom is -0.321 e. The molecule has 0 saturated heterocycles. The lowest BCUT2D eigenvalue weighted by molar-refractivity contribution is 0.102. The number of fused-ring (bicyclic) bond motifs is 1. The lowest BCUT2D eigenvalue weighted by atomic mass is 10.1. The molecular weight excluding hydrogens is 292 g/mol. The number of nitrogens with zero attached hydrogens (tertiary/aromatic N) is 1. The molecule has 0 spiro atoms. The van der Waals surface area contributed by atoms with Crippen molar-refractivity contribution in [3.63, 3.8) is 0 Å². The van der Waals surface area contributed by atoms with Crippen LogP contribution in [-0.2, 0) is 0 Å². The molecule has 0 bridgehead atoms. The van der Waals surface area contributed by atoms with Gasteiger partial charge < -0.3 is 5.32 Å². The van der Waals surface area contributed by atoms with E-state index in [1.165, 1.54) is 0 Å². The third-order valence-corrected chi connectivity index (χ3v) is 4.24. The molecule has 0 aliphatic carbocycles. The van der Waals surface area contributed by atoms with Gasteiger partial charge >= 0.3 is 0 Å². The van der Waals surface area contributed by atoms with Crippen molar-refractivity contribution in [2.75, 3.05) is 11.6 Å². The monoisotopic (exact) mass is 308 g/mol. The number of rotatable bonds is 3. The summed E-state index contributed by atoms with van der Waals surface area (Å²) in [5.41, 5.74) is 3.16. The lowest BCUT2D eigenvalue weighted by Crippen LogP contribution is -2.13. The van der Waals surface area contributed by atoms with Gasteiger partial charge in [0.25, 0.3) is 5.91 Å². The number of anilines is 1. The van der Waals surface area contributed by atoms with Crippen LogP contribution in [0.4, 0.5) is 5.69 Å². The first-order valence-corrected chi connectivity index (χ1v) is 8.22. The highest BCUT2D eigenvalue weighted by Gasteiger charge is 2.13. The zero-order chi connectivity index (χ0) is 15.5. The molecule has 0 radical (unpaired) electrons. The fourth-order valence-electron chi connectivity index (χ4n) is 2.43. The number of carbonyl (C=O) groups excluding carboxylic acids is 1. The largest absolute Gasteiger partial charge is 0.321 e. The Bertz CT molecular complexity index is 845. The molecule has 1 heterocycles. The second kappa shape index (κ2) is 6.20. The average Bonchev–Trinajstić information content (AvgIpc) is 2.54. The third-order valence-electron chi connectivity index (χ3n) is 3.44. The van der Waals surface area contributed by atoms with Crippen molar-refractivity contribution in [3.8, 4) is 0 Å². The predicted molar refractivity (Wildman–Crippen MR) is 92.7 cm³/mol. The van der Waals surface area contributed by atoms with Crippen molar-refractivity contribution in [3.05, 3.63) is 65.9 Å². The van der Waals surface area contributed by atoms with E-state index < -0.39 is 0 Å². The van der Waals surface area contributed by atoms with Crippen molar-refractivity contribution in [2.24, 2.45) is 0 Å². The summed E-state index contributed by atoms with van der Waals surface area (Å²) in [5.74, 6) is -0.108. The highest BCUT2D eigenvalue weighted by Crippen LogP contribution is 2.26. The van der Waals surface area contributed by atoms with Crippen molar-refractivity contribution >= 4 is 34.3 Å². The second-order valence-corrected chi connectivity index (χ2v) is 5.83. The minimum atomic E-state index is -0.108. The topological polar surface area (TPSA) is 42.0 Å². The molecule has 1 N–H and O–H groups in total. The summed E-state index contributed by atoms with van der Waals surface area (Å²) in [7, 11) is 0.